The Morgan fingerprint density at radius 1 is 1.04 bits per heavy atom. The van der Waals surface area contributed by atoms with Gasteiger partial charge >= 0.3 is 21.9 Å². The summed E-state index contributed by atoms with van der Waals surface area (Å²) in [5, 5.41) is 7.28. The van der Waals surface area contributed by atoms with E-state index in [0.717, 1.165) is 16.6 Å². The third-order valence-corrected chi connectivity index (χ3v) is 9.35. The Kier molecular flexibility index (Phi) is 15.7. The number of anilines is 1. The number of hydrogen-bond acceptors (Lipinski definition) is 12. The molecule has 0 saturated heterocycles. The summed E-state index contributed by atoms with van der Waals surface area (Å²) in [5.41, 5.74) is 3.37. The normalized spacial score (nSPS) is 13.1. The van der Waals surface area contributed by atoms with E-state index < -0.39 is 58.2 Å². The molecule has 262 valence electrons. The monoisotopic (exact) mass is 715 g/mol. The Labute approximate surface area is 277 Å². The smallest absolute Gasteiger partial charge is 0.447 e. The molecule has 3 rings (SSSR count). The minimum atomic E-state index is -4.18. The van der Waals surface area contributed by atoms with Crippen molar-refractivity contribution in [1.82, 2.24) is 15.6 Å². The van der Waals surface area contributed by atoms with Crippen LogP contribution in [0.3, 0.4) is 0 Å². The van der Waals surface area contributed by atoms with Crippen molar-refractivity contribution in [3.63, 3.8) is 0 Å². The van der Waals surface area contributed by atoms with Gasteiger partial charge in [-0.05, 0) is 31.4 Å². The van der Waals surface area contributed by atoms with Crippen molar-refractivity contribution in [3.05, 3.63) is 71.8 Å². The molecule has 2 N–H and O–H groups in total. The molecule has 0 aliphatic rings. The van der Waals surface area contributed by atoms with E-state index in [1.165, 1.54) is 25.1 Å². The molecule has 0 aliphatic heterocycles. The van der Waals surface area contributed by atoms with Crippen LogP contribution in [0, 0.1) is 11.6 Å². The van der Waals surface area contributed by atoms with Crippen molar-refractivity contribution in [2.75, 3.05) is 37.9 Å². The third kappa shape index (κ3) is 12.1. The van der Waals surface area contributed by atoms with Crippen LogP contribution in [0.15, 0.2) is 59.1 Å². The first-order valence-corrected chi connectivity index (χ1v) is 17.9. The number of ether oxygens (including phenoxy) is 1. The topological polar surface area (TPSA) is 168 Å². The van der Waals surface area contributed by atoms with E-state index in [2.05, 4.69) is 15.9 Å². The quantitative estimate of drug-likeness (QED) is 0.0926. The second-order valence-corrected chi connectivity index (χ2v) is 12.8. The number of hydrazine groups is 1. The molecule has 14 nitrogen and oxygen atoms in total. The summed E-state index contributed by atoms with van der Waals surface area (Å²) in [6, 6.07) is 13.0. The Bertz CT molecular complexity index is 1540. The highest BCUT2D eigenvalue weighted by Crippen LogP contribution is 2.51. The summed E-state index contributed by atoms with van der Waals surface area (Å²) in [4.78, 5) is 25.8. The number of halogens is 2. The average Bonchev–Trinajstić information content (AvgIpc) is 3.50. The summed E-state index contributed by atoms with van der Waals surface area (Å²) in [5.74, 6) is -2.39. The van der Waals surface area contributed by atoms with E-state index in [1.807, 2.05) is 6.07 Å². The summed E-state index contributed by atoms with van der Waals surface area (Å²) < 4.78 is 86.5. The fourth-order valence-corrected chi connectivity index (χ4v) is 6.82. The number of phosphoric ester groups is 1. The lowest BCUT2D eigenvalue weighted by Gasteiger charge is -2.33. The van der Waals surface area contributed by atoms with Crippen molar-refractivity contribution >= 4 is 33.7 Å². The van der Waals surface area contributed by atoms with Gasteiger partial charge in [-0.3, -0.25) is 28.7 Å². The summed E-state index contributed by atoms with van der Waals surface area (Å²) >= 11 is 0. The molecule has 1 aromatic heterocycles. The molecule has 0 bridgehead atoms. The van der Waals surface area contributed by atoms with Crippen LogP contribution in [0.4, 0.5) is 19.4 Å². The molecule has 0 spiro atoms. The van der Waals surface area contributed by atoms with Gasteiger partial charge in [0.05, 0.1) is 25.9 Å². The van der Waals surface area contributed by atoms with E-state index in [1.54, 1.807) is 45.0 Å². The highest BCUT2D eigenvalue weighted by Gasteiger charge is 2.38. The van der Waals surface area contributed by atoms with Gasteiger partial charge in [-0.1, -0.05) is 47.6 Å². The number of aromatic nitrogens is 1. The summed E-state index contributed by atoms with van der Waals surface area (Å²) in [6.07, 6.45) is -2.73. The van der Waals surface area contributed by atoms with Gasteiger partial charge in [0.25, 0.3) is 0 Å². The van der Waals surface area contributed by atoms with Gasteiger partial charge in [0.15, 0.2) is 23.2 Å². The highest BCUT2D eigenvalue weighted by atomic mass is 31.2. The number of nitrogens with one attached hydrogen (secondary N) is 2. The summed E-state index contributed by atoms with van der Waals surface area (Å²) in [6.45, 7) is 5.14. The van der Waals surface area contributed by atoms with Crippen LogP contribution < -0.4 is 10.7 Å². The number of carbonyl (C=O) groups excluding carboxylic acids is 2. The van der Waals surface area contributed by atoms with Crippen molar-refractivity contribution in [2.24, 2.45) is 0 Å². The lowest BCUT2D eigenvalue weighted by molar-refractivity contribution is -0.137. The first-order valence-electron chi connectivity index (χ1n) is 15.1. The molecular weight excluding hydrogens is 676 g/mol. The van der Waals surface area contributed by atoms with Crippen LogP contribution >= 0.6 is 15.9 Å². The van der Waals surface area contributed by atoms with Crippen LogP contribution in [0.25, 0.3) is 11.3 Å². The van der Waals surface area contributed by atoms with E-state index in [-0.39, 0.29) is 50.3 Å². The van der Waals surface area contributed by atoms with Crippen LogP contribution in [0.5, 0.6) is 0 Å². The molecule has 1 heterocycles. The van der Waals surface area contributed by atoms with Gasteiger partial charge in [-0.25, -0.2) is 23.6 Å². The zero-order valence-electron chi connectivity index (χ0n) is 26.9. The minimum absolute atomic E-state index is 0.0390. The van der Waals surface area contributed by atoms with Gasteiger partial charge < -0.3 is 9.26 Å². The van der Waals surface area contributed by atoms with Crippen molar-refractivity contribution in [2.45, 2.75) is 52.8 Å². The predicted molar refractivity (Wildman–Crippen MR) is 171 cm³/mol. The fourth-order valence-electron chi connectivity index (χ4n) is 4.40. The lowest BCUT2D eigenvalue weighted by Crippen LogP contribution is -2.52. The number of amides is 2. The fraction of sp³-hybridized carbons (Fsp3) is 0.433. The Morgan fingerprint density at radius 3 is 2.40 bits per heavy atom. The molecule has 3 atom stereocenters. The van der Waals surface area contributed by atoms with Gasteiger partial charge in [-0.2, -0.15) is 0 Å². The molecule has 2 amide bonds. The average molecular weight is 716 g/mol. The summed E-state index contributed by atoms with van der Waals surface area (Å²) in [7, 11) is -6.52. The number of carbonyl (C=O) groups is 2. The molecule has 0 saturated carbocycles. The van der Waals surface area contributed by atoms with Crippen LogP contribution in [0.2, 0.25) is 0 Å². The van der Waals surface area contributed by atoms with E-state index in [0.29, 0.717) is 5.76 Å². The molecule has 3 aromatic rings. The molecule has 0 aliphatic carbocycles. The lowest BCUT2D eigenvalue weighted by atomic mass is 10.1. The maximum atomic E-state index is 14.4. The van der Waals surface area contributed by atoms with Crippen molar-refractivity contribution < 1.29 is 54.9 Å². The molecule has 0 fully saturated rings. The first-order chi connectivity index (χ1) is 23.0. The Hall–Kier alpha value is -3.62. The third-order valence-electron chi connectivity index (χ3n) is 6.39. The first kappa shape index (κ1) is 38.8. The van der Waals surface area contributed by atoms with Crippen molar-refractivity contribution in [3.8, 4) is 11.3 Å². The predicted octanol–water partition coefficient (Wildman–Crippen LogP) is 6.83. The van der Waals surface area contributed by atoms with Gasteiger partial charge in [0, 0.05) is 37.1 Å². The number of nitrogens with zero attached hydrogens (tertiary/aromatic N) is 2. The SMILES string of the molecule is CCO[P+](=O)CC(CC(COC(=O)Nc1cc(-c2ccccc2)on1)N(NCc1cccc(F)c1F)C(C)=O)OP(=O)(OCC)OCC. The van der Waals surface area contributed by atoms with Gasteiger partial charge in [0.1, 0.15) is 12.7 Å². The second-order valence-electron chi connectivity index (χ2n) is 9.94. The largest absolute Gasteiger partial charge is 0.510 e. The highest BCUT2D eigenvalue weighted by molar-refractivity contribution is 7.48. The van der Waals surface area contributed by atoms with Gasteiger partial charge in [0.2, 0.25) is 12.1 Å². The number of benzene rings is 2. The Balaban J connectivity index is 1.86. The number of phosphoric acid groups is 1. The maximum Gasteiger partial charge on any atom is 0.510 e. The molecule has 2 aromatic carbocycles. The van der Waals surface area contributed by atoms with Crippen LogP contribution in [-0.2, 0) is 43.3 Å². The van der Waals surface area contributed by atoms with Crippen LogP contribution in [-0.4, -0.2) is 66.9 Å². The Morgan fingerprint density at radius 2 is 1.75 bits per heavy atom. The van der Waals surface area contributed by atoms with E-state index in [4.69, 9.17) is 27.4 Å². The zero-order chi connectivity index (χ0) is 35.1. The molecule has 48 heavy (non-hydrogen) atoms. The molecule has 3 unspecified atom stereocenters. The molecule has 0 radical (unpaired) electrons. The number of rotatable bonds is 20. The molecule has 18 heteroatoms. The molecular formula is C30H39F2N4O10P2+. The second kappa shape index (κ2) is 19.4. The minimum Gasteiger partial charge on any atom is -0.447 e. The zero-order valence-corrected chi connectivity index (χ0v) is 28.7. The van der Waals surface area contributed by atoms with E-state index >= 15 is 0 Å². The van der Waals surface area contributed by atoms with Crippen molar-refractivity contribution in [1.29, 1.82) is 0 Å². The van der Waals surface area contributed by atoms with E-state index in [9.17, 15) is 27.5 Å². The van der Waals surface area contributed by atoms with Gasteiger partial charge in [-0.15, -0.1) is 4.52 Å². The number of hydrogen-bond donors (Lipinski definition) is 2. The standard InChI is InChI=1S/C30H38F2N4O10P2/c1-5-42-47(39)20-25(46-48(40,43-6-2)44-7-3)16-24(36(21(4)37)33-18-23-14-11-15-26(31)29(23)32)19-41-30(38)34-28-17-27(45-35-28)22-12-9-8-10-13-22/h8-15,17,24-25,33H,5-7,16,18-20H2,1-4H3/p+1. The van der Waals surface area contributed by atoms with Crippen LogP contribution in [0.1, 0.15) is 39.7 Å². The maximum absolute atomic E-state index is 14.4.